The third-order valence-electron chi connectivity index (χ3n) is 3.06. The van der Waals surface area contributed by atoms with Crippen molar-refractivity contribution in [1.82, 2.24) is 5.32 Å². The van der Waals surface area contributed by atoms with Gasteiger partial charge in [0.15, 0.2) is 0 Å². The molecule has 7 heteroatoms. The van der Waals surface area contributed by atoms with Crippen LogP contribution < -0.4 is 10.5 Å². The summed E-state index contributed by atoms with van der Waals surface area (Å²) in [6, 6.07) is 13.6. The van der Waals surface area contributed by atoms with Crippen LogP contribution in [-0.2, 0) is 16.4 Å². The number of sulfonamides is 1. The van der Waals surface area contributed by atoms with E-state index in [0.29, 0.717) is 18.5 Å². The molecular weight excluding hydrogens is 415 g/mol. The van der Waals surface area contributed by atoms with Crippen molar-refractivity contribution in [1.29, 1.82) is 0 Å². The first kappa shape index (κ1) is 16.9. The quantitative estimate of drug-likeness (QED) is 0.711. The van der Waals surface area contributed by atoms with E-state index in [-0.39, 0.29) is 10.8 Å². The zero-order chi connectivity index (χ0) is 16.2. The molecule has 0 aliphatic heterocycles. The Morgan fingerprint density at radius 3 is 2.18 bits per heavy atom. The molecule has 2 aromatic carbocycles. The standard InChI is InChI=1S/C15H15IN2O3S/c16-13-5-3-12(4-6-13)15(19)18-10-9-11-1-7-14(8-2-11)22(17,20)21/h1-8H,9-10H2,(H,18,19)(H2,17,20,21). The van der Waals surface area contributed by atoms with Crippen LogP contribution in [-0.4, -0.2) is 20.9 Å². The molecule has 0 aliphatic carbocycles. The van der Waals surface area contributed by atoms with Crippen LogP contribution in [0.2, 0.25) is 0 Å². The van der Waals surface area contributed by atoms with Crippen molar-refractivity contribution in [2.75, 3.05) is 6.54 Å². The van der Waals surface area contributed by atoms with Crippen molar-refractivity contribution >= 4 is 38.5 Å². The number of benzene rings is 2. The van der Waals surface area contributed by atoms with Crippen LogP contribution >= 0.6 is 22.6 Å². The van der Waals surface area contributed by atoms with Gasteiger partial charge in [0.1, 0.15) is 0 Å². The summed E-state index contributed by atoms with van der Waals surface area (Å²) < 4.78 is 23.4. The summed E-state index contributed by atoms with van der Waals surface area (Å²) in [5, 5.41) is 7.86. The van der Waals surface area contributed by atoms with Gasteiger partial charge in [-0.05, 0) is 71.0 Å². The average Bonchev–Trinajstić information content (AvgIpc) is 2.47. The molecule has 0 saturated heterocycles. The summed E-state index contributed by atoms with van der Waals surface area (Å²) in [4.78, 5) is 12.0. The molecule has 0 unspecified atom stereocenters. The van der Waals surface area contributed by atoms with E-state index in [1.807, 2.05) is 12.1 Å². The highest BCUT2D eigenvalue weighted by Crippen LogP contribution is 2.09. The Hall–Kier alpha value is -1.45. The lowest BCUT2D eigenvalue weighted by Crippen LogP contribution is -2.25. The first-order chi connectivity index (χ1) is 10.4. The highest BCUT2D eigenvalue weighted by atomic mass is 127. The van der Waals surface area contributed by atoms with E-state index in [0.717, 1.165) is 9.13 Å². The van der Waals surface area contributed by atoms with E-state index in [2.05, 4.69) is 27.9 Å². The fourth-order valence-electron chi connectivity index (χ4n) is 1.87. The van der Waals surface area contributed by atoms with Crippen molar-refractivity contribution < 1.29 is 13.2 Å². The molecule has 0 saturated carbocycles. The number of hydrogen-bond donors (Lipinski definition) is 2. The van der Waals surface area contributed by atoms with E-state index < -0.39 is 10.0 Å². The molecule has 5 nitrogen and oxygen atoms in total. The molecule has 1 amide bonds. The lowest BCUT2D eigenvalue weighted by molar-refractivity contribution is 0.0954. The van der Waals surface area contributed by atoms with Gasteiger partial charge >= 0.3 is 0 Å². The molecule has 0 aromatic heterocycles. The number of nitrogens with two attached hydrogens (primary N) is 1. The maximum absolute atomic E-state index is 11.9. The van der Waals surface area contributed by atoms with Crippen molar-refractivity contribution in [3.05, 3.63) is 63.2 Å². The third-order valence-corrected chi connectivity index (χ3v) is 4.71. The molecule has 3 N–H and O–H groups in total. The van der Waals surface area contributed by atoms with E-state index in [4.69, 9.17) is 5.14 Å². The molecular formula is C15H15IN2O3S. The molecule has 2 aromatic rings. The number of primary sulfonamides is 1. The number of rotatable bonds is 5. The summed E-state index contributed by atoms with van der Waals surface area (Å²) in [5.74, 6) is -0.127. The molecule has 0 heterocycles. The van der Waals surface area contributed by atoms with Crippen LogP contribution in [0.4, 0.5) is 0 Å². The Morgan fingerprint density at radius 2 is 1.64 bits per heavy atom. The topological polar surface area (TPSA) is 89.3 Å². The summed E-state index contributed by atoms with van der Waals surface area (Å²) >= 11 is 2.18. The second-order valence-corrected chi connectivity index (χ2v) is 7.51. The van der Waals surface area contributed by atoms with Gasteiger partial charge in [-0.15, -0.1) is 0 Å². The van der Waals surface area contributed by atoms with Crippen molar-refractivity contribution in [2.24, 2.45) is 5.14 Å². The summed E-state index contributed by atoms with van der Waals surface area (Å²) in [7, 11) is -3.66. The first-order valence-electron chi connectivity index (χ1n) is 6.52. The second-order valence-electron chi connectivity index (χ2n) is 4.70. The summed E-state index contributed by atoms with van der Waals surface area (Å²) in [6.07, 6.45) is 0.612. The Labute approximate surface area is 143 Å². The largest absolute Gasteiger partial charge is 0.352 e. The number of hydrogen-bond acceptors (Lipinski definition) is 3. The number of carbonyl (C=O) groups excluding carboxylic acids is 1. The van der Waals surface area contributed by atoms with Crippen LogP contribution in [0.1, 0.15) is 15.9 Å². The fourth-order valence-corrected chi connectivity index (χ4v) is 2.74. The summed E-state index contributed by atoms with van der Waals surface area (Å²) in [5.41, 5.74) is 1.54. The zero-order valence-electron chi connectivity index (χ0n) is 11.6. The Kier molecular flexibility index (Phi) is 5.54. The molecule has 2 rings (SSSR count). The summed E-state index contributed by atoms with van der Waals surface area (Å²) in [6.45, 7) is 0.472. The second kappa shape index (κ2) is 7.21. The molecule has 0 radical (unpaired) electrons. The normalized spacial score (nSPS) is 11.2. The molecule has 116 valence electrons. The van der Waals surface area contributed by atoms with E-state index in [9.17, 15) is 13.2 Å². The van der Waals surface area contributed by atoms with Crippen LogP contribution in [0.3, 0.4) is 0 Å². The van der Waals surface area contributed by atoms with Crippen LogP contribution in [0.25, 0.3) is 0 Å². The molecule has 0 spiro atoms. The predicted molar refractivity (Wildman–Crippen MR) is 93.0 cm³/mol. The average molecular weight is 430 g/mol. The minimum Gasteiger partial charge on any atom is -0.352 e. The van der Waals surface area contributed by atoms with Crippen molar-refractivity contribution in [3.63, 3.8) is 0 Å². The Bertz CT molecular complexity index is 756. The van der Waals surface area contributed by atoms with Crippen LogP contribution in [0.5, 0.6) is 0 Å². The van der Waals surface area contributed by atoms with Gasteiger partial charge in [-0.2, -0.15) is 0 Å². The van der Waals surface area contributed by atoms with E-state index >= 15 is 0 Å². The first-order valence-corrected chi connectivity index (χ1v) is 9.14. The number of carbonyl (C=O) groups is 1. The monoisotopic (exact) mass is 430 g/mol. The highest BCUT2D eigenvalue weighted by molar-refractivity contribution is 14.1. The number of halogens is 1. The van der Waals surface area contributed by atoms with Gasteiger partial charge in [0.25, 0.3) is 5.91 Å². The van der Waals surface area contributed by atoms with Gasteiger partial charge in [-0.3, -0.25) is 4.79 Å². The van der Waals surface area contributed by atoms with Gasteiger partial charge in [0.2, 0.25) is 10.0 Å². The predicted octanol–water partition coefficient (Wildman–Crippen LogP) is 1.91. The zero-order valence-corrected chi connectivity index (χ0v) is 14.6. The molecule has 0 bridgehead atoms. The smallest absolute Gasteiger partial charge is 0.251 e. The fraction of sp³-hybridized carbons (Fsp3) is 0.133. The Morgan fingerprint density at radius 1 is 1.05 bits per heavy atom. The number of amides is 1. The maximum Gasteiger partial charge on any atom is 0.251 e. The molecule has 0 atom stereocenters. The van der Waals surface area contributed by atoms with Crippen LogP contribution in [0.15, 0.2) is 53.4 Å². The SMILES string of the molecule is NS(=O)(=O)c1ccc(CCNC(=O)c2ccc(I)cc2)cc1. The highest BCUT2D eigenvalue weighted by Gasteiger charge is 2.07. The lowest BCUT2D eigenvalue weighted by atomic mass is 10.1. The minimum absolute atomic E-state index is 0.0826. The van der Waals surface area contributed by atoms with Gasteiger partial charge < -0.3 is 5.32 Å². The van der Waals surface area contributed by atoms with Crippen molar-refractivity contribution in [3.8, 4) is 0 Å². The minimum atomic E-state index is -3.66. The van der Waals surface area contributed by atoms with E-state index in [1.165, 1.54) is 12.1 Å². The lowest BCUT2D eigenvalue weighted by Gasteiger charge is -2.06. The molecule has 0 aliphatic rings. The van der Waals surface area contributed by atoms with Crippen molar-refractivity contribution in [2.45, 2.75) is 11.3 Å². The van der Waals surface area contributed by atoms with Crippen LogP contribution in [0, 0.1) is 3.57 Å². The van der Waals surface area contributed by atoms with Gasteiger partial charge in [0, 0.05) is 15.7 Å². The van der Waals surface area contributed by atoms with Gasteiger partial charge in [-0.1, -0.05) is 12.1 Å². The molecule has 0 fully saturated rings. The maximum atomic E-state index is 11.9. The third kappa shape index (κ3) is 4.79. The molecule has 22 heavy (non-hydrogen) atoms. The Balaban J connectivity index is 1.88. The van der Waals surface area contributed by atoms with Gasteiger partial charge in [-0.25, -0.2) is 13.6 Å². The van der Waals surface area contributed by atoms with Gasteiger partial charge in [0.05, 0.1) is 4.90 Å². The van der Waals surface area contributed by atoms with E-state index in [1.54, 1.807) is 24.3 Å². The number of nitrogens with one attached hydrogen (secondary N) is 1.